The monoisotopic (exact) mass is 307 g/mol. The number of para-hydroxylation sites is 1. The first kappa shape index (κ1) is 15.0. The van der Waals surface area contributed by atoms with Gasteiger partial charge in [0.2, 0.25) is 5.88 Å². The maximum atomic E-state index is 12.2. The van der Waals surface area contributed by atoms with Crippen LogP contribution in [0, 0.1) is 0 Å². The van der Waals surface area contributed by atoms with Crippen LogP contribution in [0.5, 0.6) is 5.88 Å². The van der Waals surface area contributed by atoms with Gasteiger partial charge in [0.15, 0.2) is 6.61 Å². The van der Waals surface area contributed by atoms with E-state index in [9.17, 15) is 4.79 Å². The number of rotatable bonds is 5. The molecule has 0 aliphatic carbocycles. The number of carbonyl (C=O) groups is 1. The second-order valence-electron chi connectivity index (χ2n) is 5.22. The molecule has 5 heteroatoms. The van der Waals surface area contributed by atoms with Crippen molar-refractivity contribution in [2.75, 3.05) is 13.7 Å². The summed E-state index contributed by atoms with van der Waals surface area (Å²) in [5.74, 6) is 0.327. The fourth-order valence-corrected chi connectivity index (χ4v) is 2.28. The van der Waals surface area contributed by atoms with Gasteiger partial charge in [0.05, 0.1) is 10.9 Å². The number of fused-ring (bicyclic) bond motifs is 1. The molecule has 1 aromatic heterocycles. The SMILES string of the molecule is CN(Cc1ccccc1)C(=O)COc1ncnc2ccccc12. The van der Waals surface area contributed by atoms with E-state index in [0.29, 0.717) is 12.4 Å². The van der Waals surface area contributed by atoms with Crippen LogP contribution >= 0.6 is 0 Å². The summed E-state index contributed by atoms with van der Waals surface area (Å²) in [6.45, 7) is 0.498. The van der Waals surface area contributed by atoms with Crippen molar-refractivity contribution < 1.29 is 9.53 Å². The minimum Gasteiger partial charge on any atom is -0.467 e. The number of likely N-dealkylation sites (N-methyl/N-ethyl adjacent to an activating group) is 1. The third-order valence-electron chi connectivity index (χ3n) is 3.53. The Kier molecular flexibility index (Phi) is 4.47. The Balaban J connectivity index is 1.64. The third-order valence-corrected chi connectivity index (χ3v) is 3.53. The van der Waals surface area contributed by atoms with E-state index in [4.69, 9.17) is 4.74 Å². The molecule has 0 unspecified atom stereocenters. The quantitative estimate of drug-likeness (QED) is 0.727. The van der Waals surface area contributed by atoms with E-state index in [1.165, 1.54) is 6.33 Å². The standard InChI is InChI=1S/C18H17N3O2/c1-21(11-14-7-3-2-4-8-14)17(22)12-23-18-15-9-5-6-10-16(15)19-13-20-18/h2-10,13H,11-12H2,1H3. The van der Waals surface area contributed by atoms with Crippen LogP contribution in [0.15, 0.2) is 60.9 Å². The fraction of sp³-hybridized carbons (Fsp3) is 0.167. The number of hydrogen-bond donors (Lipinski definition) is 0. The zero-order valence-electron chi connectivity index (χ0n) is 12.8. The van der Waals surface area contributed by atoms with Crippen LogP contribution in [-0.4, -0.2) is 34.4 Å². The molecule has 0 aliphatic rings. The maximum Gasteiger partial charge on any atom is 0.260 e. The minimum absolute atomic E-state index is 0.0512. The van der Waals surface area contributed by atoms with E-state index in [2.05, 4.69) is 9.97 Å². The molecular formula is C18H17N3O2. The molecule has 3 rings (SSSR count). The number of aromatic nitrogens is 2. The van der Waals surface area contributed by atoms with E-state index >= 15 is 0 Å². The lowest BCUT2D eigenvalue weighted by molar-refractivity contribution is -0.132. The van der Waals surface area contributed by atoms with Crippen LogP contribution in [0.1, 0.15) is 5.56 Å². The number of carbonyl (C=O) groups excluding carboxylic acids is 1. The summed E-state index contributed by atoms with van der Waals surface area (Å²) in [6.07, 6.45) is 1.44. The highest BCUT2D eigenvalue weighted by molar-refractivity contribution is 5.83. The van der Waals surface area contributed by atoms with Crippen molar-refractivity contribution in [2.24, 2.45) is 0 Å². The summed E-state index contributed by atoms with van der Waals surface area (Å²) >= 11 is 0. The Labute approximate surface area is 134 Å². The molecule has 0 radical (unpaired) electrons. The van der Waals surface area contributed by atoms with Crippen LogP contribution in [0.2, 0.25) is 0 Å². The minimum atomic E-state index is -0.100. The van der Waals surface area contributed by atoms with Crippen molar-refractivity contribution in [1.29, 1.82) is 0 Å². The van der Waals surface area contributed by atoms with Gasteiger partial charge in [0, 0.05) is 13.6 Å². The summed E-state index contributed by atoms with van der Waals surface area (Å²) in [6, 6.07) is 17.4. The van der Waals surface area contributed by atoms with E-state index in [1.807, 2.05) is 54.6 Å². The Bertz CT molecular complexity index is 800. The fourth-order valence-electron chi connectivity index (χ4n) is 2.28. The van der Waals surface area contributed by atoms with Gasteiger partial charge in [-0.05, 0) is 17.7 Å². The molecule has 0 bridgehead atoms. The zero-order valence-corrected chi connectivity index (χ0v) is 12.8. The predicted octanol–water partition coefficient (Wildman–Crippen LogP) is 2.67. The lowest BCUT2D eigenvalue weighted by Gasteiger charge is -2.17. The predicted molar refractivity (Wildman–Crippen MR) is 87.9 cm³/mol. The molecule has 0 N–H and O–H groups in total. The molecule has 0 fully saturated rings. The van der Waals surface area contributed by atoms with Crippen LogP contribution < -0.4 is 4.74 Å². The maximum absolute atomic E-state index is 12.2. The highest BCUT2D eigenvalue weighted by Gasteiger charge is 2.12. The van der Waals surface area contributed by atoms with Crippen molar-refractivity contribution >= 4 is 16.8 Å². The molecule has 116 valence electrons. The van der Waals surface area contributed by atoms with Gasteiger partial charge in [-0.15, -0.1) is 0 Å². The zero-order chi connectivity index (χ0) is 16.1. The molecule has 0 aliphatic heterocycles. The number of amides is 1. The Morgan fingerprint density at radius 1 is 1.04 bits per heavy atom. The Morgan fingerprint density at radius 2 is 1.78 bits per heavy atom. The van der Waals surface area contributed by atoms with Crippen molar-refractivity contribution in [1.82, 2.24) is 14.9 Å². The van der Waals surface area contributed by atoms with Gasteiger partial charge >= 0.3 is 0 Å². The molecule has 5 nitrogen and oxygen atoms in total. The van der Waals surface area contributed by atoms with Crippen molar-refractivity contribution in [3.63, 3.8) is 0 Å². The second-order valence-corrected chi connectivity index (χ2v) is 5.22. The summed E-state index contributed by atoms with van der Waals surface area (Å²) in [4.78, 5) is 22.1. The number of hydrogen-bond acceptors (Lipinski definition) is 4. The molecule has 0 spiro atoms. The van der Waals surface area contributed by atoms with Crippen LogP contribution in [0.25, 0.3) is 10.9 Å². The van der Waals surface area contributed by atoms with E-state index in [-0.39, 0.29) is 12.5 Å². The molecule has 0 atom stereocenters. The number of nitrogens with zero attached hydrogens (tertiary/aromatic N) is 3. The van der Waals surface area contributed by atoms with Gasteiger partial charge < -0.3 is 9.64 Å². The summed E-state index contributed by atoms with van der Waals surface area (Å²) < 4.78 is 5.60. The number of ether oxygens (including phenoxy) is 1. The molecular weight excluding hydrogens is 290 g/mol. The lowest BCUT2D eigenvalue weighted by Crippen LogP contribution is -2.31. The first-order valence-corrected chi connectivity index (χ1v) is 7.34. The first-order chi connectivity index (χ1) is 11.2. The second kappa shape index (κ2) is 6.87. The van der Waals surface area contributed by atoms with Gasteiger partial charge in [-0.3, -0.25) is 4.79 Å². The normalized spacial score (nSPS) is 10.5. The Morgan fingerprint density at radius 3 is 2.61 bits per heavy atom. The smallest absolute Gasteiger partial charge is 0.260 e. The van der Waals surface area contributed by atoms with Crippen molar-refractivity contribution in [3.05, 3.63) is 66.5 Å². The third kappa shape index (κ3) is 3.63. The molecule has 1 heterocycles. The molecule has 0 saturated carbocycles. The lowest BCUT2D eigenvalue weighted by atomic mass is 10.2. The van der Waals surface area contributed by atoms with E-state index in [0.717, 1.165) is 16.5 Å². The highest BCUT2D eigenvalue weighted by atomic mass is 16.5. The largest absolute Gasteiger partial charge is 0.467 e. The van der Waals surface area contributed by atoms with Crippen LogP contribution in [-0.2, 0) is 11.3 Å². The summed E-state index contributed by atoms with van der Waals surface area (Å²) in [5.41, 5.74) is 1.87. The molecule has 2 aromatic carbocycles. The Hall–Kier alpha value is -2.95. The highest BCUT2D eigenvalue weighted by Crippen LogP contribution is 2.20. The van der Waals surface area contributed by atoms with E-state index < -0.39 is 0 Å². The number of benzene rings is 2. The van der Waals surface area contributed by atoms with E-state index in [1.54, 1.807) is 11.9 Å². The molecule has 0 saturated heterocycles. The van der Waals surface area contributed by atoms with Gasteiger partial charge in [-0.1, -0.05) is 42.5 Å². The van der Waals surface area contributed by atoms with Crippen molar-refractivity contribution in [3.8, 4) is 5.88 Å². The average molecular weight is 307 g/mol. The summed E-state index contributed by atoms with van der Waals surface area (Å²) in [7, 11) is 1.76. The van der Waals surface area contributed by atoms with Crippen LogP contribution in [0.3, 0.4) is 0 Å². The first-order valence-electron chi connectivity index (χ1n) is 7.34. The molecule has 3 aromatic rings. The van der Waals surface area contributed by atoms with Crippen molar-refractivity contribution in [2.45, 2.75) is 6.54 Å². The van der Waals surface area contributed by atoms with Gasteiger partial charge in [0.1, 0.15) is 6.33 Å². The van der Waals surface area contributed by atoms with Gasteiger partial charge in [-0.2, -0.15) is 0 Å². The van der Waals surface area contributed by atoms with Crippen LogP contribution in [0.4, 0.5) is 0 Å². The summed E-state index contributed by atoms with van der Waals surface area (Å²) in [5, 5.41) is 0.800. The topological polar surface area (TPSA) is 55.3 Å². The van der Waals surface area contributed by atoms with Gasteiger partial charge in [-0.25, -0.2) is 9.97 Å². The molecule has 23 heavy (non-hydrogen) atoms. The van der Waals surface area contributed by atoms with Gasteiger partial charge in [0.25, 0.3) is 5.91 Å². The molecule has 1 amide bonds. The average Bonchev–Trinajstić information content (AvgIpc) is 2.60.